The average molecular weight is 1010 g/mol. The molecule has 0 bridgehead atoms. The van der Waals surface area contributed by atoms with E-state index in [-0.39, 0.29) is 75.0 Å². The molecule has 12 rings (SSSR count). The smallest absolute Gasteiger partial charge is 0.242 e. The second-order valence-corrected chi connectivity index (χ2v) is 19.7. The van der Waals surface area contributed by atoms with Crippen LogP contribution in [0.25, 0.3) is 0 Å². The number of carbonyl (C=O) groups is 1. The zero-order valence-corrected chi connectivity index (χ0v) is 39.5. The first-order valence-corrected chi connectivity index (χ1v) is 24.3. The second kappa shape index (κ2) is 17.9. The highest BCUT2D eigenvalue weighted by molar-refractivity contribution is 6.01. The third-order valence-electron chi connectivity index (χ3n) is 15.3. The Morgan fingerprint density at radius 1 is 0.453 bits per heavy atom. The number of fused-ring (bicyclic) bond motifs is 6. The maximum absolute atomic E-state index is 15.2. The first kappa shape index (κ1) is 47.0. The first-order chi connectivity index (χ1) is 36.1. The van der Waals surface area contributed by atoms with Crippen molar-refractivity contribution in [2.24, 2.45) is 23.7 Å². The van der Waals surface area contributed by atoms with E-state index in [0.717, 1.165) is 6.07 Å². The fourth-order valence-electron chi connectivity index (χ4n) is 12.0. The van der Waals surface area contributed by atoms with E-state index in [0.29, 0.717) is 44.7 Å². The molecule has 0 radical (unpaired) electrons. The van der Waals surface area contributed by atoms with Gasteiger partial charge in [-0.1, -0.05) is 42.5 Å². The molecule has 10 N–H and O–H groups in total. The number of carbonyl (C=O) groups excluding carboxylic acids is 1. The van der Waals surface area contributed by atoms with Gasteiger partial charge in [0.25, 0.3) is 0 Å². The molecule has 0 aromatic heterocycles. The molecule has 15 heteroatoms. The molecule has 0 aliphatic carbocycles. The van der Waals surface area contributed by atoms with Crippen LogP contribution in [0.5, 0.6) is 69.0 Å². The van der Waals surface area contributed by atoms with Gasteiger partial charge < -0.3 is 70.0 Å². The zero-order chi connectivity index (χ0) is 52.0. The van der Waals surface area contributed by atoms with Crippen LogP contribution in [-0.4, -0.2) is 56.8 Å². The summed E-state index contributed by atoms with van der Waals surface area (Å²) in [5, 5.41) is 110. The Kier molecular flexibility index (Phi) is 11.2. The summed E-state index contributed by atoms with van der Waals surface area (Å²) < 4.78 is 28.6. The Labute approximate surface area is 428 Å². The van der Waals surface area contributed by atoms with Gasteiger partial charge in [-0.05, 0) is 120 Å². The summed E-state index contributed by atoms with van der Waals surface area (Å²) in [4.78, 5) is 15.2. The van der Waals surface area contributed by atoms with Crippen molar-refractivity contribution in [2.45, 2.75) is 42.5 Å². The molecule has 4 aliphatic heterocycles. The normalized spacial score (nSPS) is 25.2. The molecule has 2 fully saturated rings. The number of ketones is 1. The molecule has 10 atom stereocenters. The Morgan fingerprint density at radius 3 is 1.61 bits per heavy atom. The molecule has 15 nitrogen and oxygen atoms in total. The minimum absolute atomic E-state index is 0.00808. The standard InChI is InChI=1S/C60H48O15/c61-33-9-1-29(2-10-33)23-45-52(55(71)41-21-18-38(66)25-47(41)69)56(30-3-11-34(62)12-4-30)73-58(45)43-27-44-50(28-48(43)70)74-60(32-7-15-36(64)16-8-32)54(51(44)40-20-17-37(65)24-46(40)68)53-57(31-5-13-35(63)14-6-31)72-49-26-39(67)19-22-42(49)59(53)75-60/h1-22,24-28,45,51-54,56-59,61-70H,23H2/t45-,51+,52-,53-,54+,56+,57-,58-,59+,60-/m1/s1. The molecule has 8 aromatic carbocycles. The monoisotopic (exact) mass is 1010 g/mol. The molecule has 4 heterocycles. The Bertz CT molecular complexity index is 3510. The van der Waals surface area contributed by atoms with Crippen LogP contribution < -0.4 is 9.47 Å². The van der Waals surface area contributed by atoms with E-state index in [2.05, 4.69) is 0 Å². The molecule has 2 saturated heterocycles. The van der Waals surface area contributed by atoms with Gasteiger partial charge in [-0.3, -0.25) is 4.79 Å². The molecule has 75 heavy (non-hydrogen) atoms. The van der Waals surface area contributed by atoms with Crippen molar-refractivity contribution >= 4 is 5.78 Å². The van der Waals surface area contributed by atoms with E-state index in [1.165, 1.54) is 91.0 Å². The lowest BCUT2D eigenvalue weighted by atomic mass is 9.64. The summed E-state index contributed by atoms with van der Waals surface area (Å²) in [6, 6.07) is 41.2. The average Bonchev–Trinajstić information content (AvgIpc) is 3.95. The van der Waals surface area contributed by atoms with Gasteiger partial charge in [0.15, 0.2) is 5.78 Å². The molecule has 378 valence electrons. The van der Waals surface area contributed by atoms with Gasteiger partial charge in [-0.2, -0.15) is 0 Å². The molecular weight excluding hydrogens is 961 g/mol. The molecule has 0 saturated carbocycles. The molecule has 0 unspecified atom stereocenters. The number of hydrogen-bond acceptors (Lipinski definition) is 15. The van der Waals surface area contributed by atoms with Crippen molar-refractivity contribution in [3.05, 3.63) is 214 Å². The van der Waals surface area contributed by atoms with Crippen LogP contribution >= 0.6 is 0 Å². The maximum atomic E-state index is 15.2. The highest BCUT2D eigenvalue weighted by atomic mass is 16.7. The van der Waals surface area contributed by atoms with Crippen molar-refractivity contribution in [3.8, 4) is 69.0 Å². The lowest BCUT2D eigenvalue weighted by molar-refractivity contribution is -0.212. The Balaban J connectivity index is 1.10. The molecule has 4 aliphatic rings. The van der Waals surface area contributed by atoms with E-state index in [9.17, 15) is 51.1 Å². The van der Waals surface area contributed by atoms with Crippen LogP contribution in [-0.2, 0) is 21.7 Å². The summed E-state index contributed by atoms with van der Waals surface area (Å²) in [7, 11) is 0. The van der Waals surface area contributed by atoms with Gasteiger partial charge in [0.1, 0.15) is 75.1 Å². The van der Waals surface area contributed by atoms with Crippen LogP contribution in [0, 0.1) is 23.7 Å². The summed E-state index contributed by atoms with van der Waals surface area (Å²) in [5.41, 5.74) is 3.69. The summed E-state index contributed by atoms with van der Waals surface area (Å²) in [6.45, 7) is 0. The summed E-state index contributed by atoms with van der Waals surface area (Å²) in [5.74, 6) is -8.08. The number of Topliss-reactive ketones (excluding diaryl/α,β-unsaturated/α-hetero) is 1. The van der Waals surface area contributed by atoms with Gasteiger partial charge in [0.05, 0.1) is 35.7 Å². The number of phenolic OH excluding ortho intramolecular Hbond substituents is 10. The lowest BCUT2D eigenvalue weighted by Gasteiger charge is -2.47. The molecular formula is C60H48O15. The summed E-state index contributed by atoms with van der Waals surface area (Å²) in [6.07, 6.45) is -3.78. The third kappa shape index (κ3) is 7.95. The van der Waals surface area contributed by atoms with Crippen molar-refractivity contribution < 1.29 is 74.8 Å². The van der Waals surface area contributed by atoms with Gasteiger partial charge in [-0.15, -0.1) is 0 Å². The number of phenols is 10. The van der Waals surface area contributed by atoms with E-state index < -0.39 is 71.3 Å². The fraction of sp³-hybridized carbons (Fsp3) is 0.183. The van der Waals surface area contributed by atoms with Crippen LogP contribution in [0.3, 0.4) is 0 Å². The molecule has 0 spiro atoms. The maximum Gasteiger partial charge on any atom is 0.242 e. The fourth-order valence-corrected chi connectivity index (χ4v) is 12.0. The first-order valence-electron chi connectivity index (χ1n) is 24.3. The van der Waals surface area contributed by atoms with E-state index in [1.807, 2.05) is 0 Å². The number of ether oxygens (including phenoxy) is 4. The largest absolute Gasteiger partial charge is 0.508 e. The van der Waals surface area contributed by atoms with Crippen LogP contribution in [0.15, 0.2) is 164 Å². The molecule has 0 amide bonds. The topological polar surface area (TPSA) is 256 Å². The van der Waals surface area contributed by atoms with E-state index in [1.54, 1.807) is 66.7 Å². The van der Waals surface area contributed by atoms with Crippen LogP contribution in [0.4, 0.5) is 0 Å². The van der Waals surface area contributed by atoms with Gasteiger partial charge in [0, 0.05) is 69.8 Å². The van der Waals surface area contributed by atoms with Crippen molar-refractivity contribution in [2.75, 3.05) is 0 Å². The van der Waals surface area contributed by atoms with Crippen LogP contribution in [0.1, 0.15) is 85.2 Å². The quantitative estimate of drug-likeness (QED) is 0.0604. The van der Waals surface area contributed by atoms with Crippen molar-refractivity contribution in [3.63, 3.8) is 0 Å². The third-order valence-corrected chi connectivity index (χ3v) is 15.3. The van der Waals surface area contributed by atoms with E-state index in [4.69, 9.17) is 18.9 Å². The lowest BCUT2D eigenvalue weighted by Crippen LogP contribution is -2.48. The van der Waals surface area contributed by atoms with Crippen molar-refractivity contribution in [1.29, 1.82) is 0 Å². The Morgan fingerprint density at radius 2 is 0.987 bits per heavy atom. The summed E-state index contributed by atoms with van der Waals surface area (Å²) >= 11 is 0. The highest BCUT2D eigenvalue weighted by Crippen LogP contribution is 2.70. The number of benzene rings is 8. The molecule has 8 aromatic rings. The number of aromatic hydroxyl groups is 10. The number of hydrogen-bond donors (Lipinski definition) is 10. The number of rotatable bonds is 9. The predicted octanol–water partition coefficient (Wildman–Crippen LogP) is 10.4. The van der Waals surface area contributed by atoms with Crippen LogP contribution in [0.2, 0.25) is 0 Å². The SMILES string of the molecule is O=C(c1ccc(O)cc1O)[C@H]1[C@@H](Cc2ccc(O)cc2)[C@@H](c2cc3c(cc2O)O[C@]2(c4ccc(O)cc4)O[C@H]4c5ccc(O)cc5O[C@H](c5ccc(O)cc5)[C@H]4[C@@H]2[C@H]3c2ccc(O)cc2O)O[C@H]1c1ccc(O)cc1. The van der Waals surface area contributed by atoms with Crippen molar-refractivity contribution in [1.82, 2.24) is 0 Å². The van der Waals surface area contributed by atoms with Gasteiger partial charge in [-0.25, -0.2) is 0 Å². The zero-order valence-electron chi connectivity index (χ0n) is 39.5. The minimum Gasteiger partial charge on any atom is -0.508 e. The predicted molar refractivity (Wildman–Crippen MR) is 268 cm³/mol. The van der Waals surface area contributed by atoms with Gasteiger partial charge >= 0.3 is 0 Å². The Hall–Kier alpha value is -9.05. The van der Waals surface area contributed by atoms with E-state index >= 15 is 4.79 Å². The van der Waals surface area contributed by atoms with Gasteiger partial charge in [0.2, 0.25) is 5.79 Å². The minimum atomic E-state index is -1.80. The highest BCUT2D eigenvalue weighted by Gasteiger charge is 2.68. The second-order valence-electron chi connectivity index (χ2n) is 19.7.